The highest BCUT2D eigenvalue weighted by Crippen LogP contribution is 2.13. The van der Waals surface area contributed by atoms with Crippen LogP contribution in [0.1, 0.15) is 13.8 Å². The highest BCUT2D eigenvalue weighted by atomic mass is 16.6. The Labute approximate surface area is 88.0 Å². The van der Waals surface area contributed by atoms with Crippen molar-refractivity contribution in [2.45, 2.75) is 26.1 Å². The van der Waals surface area contributed by atoms with Crippen LogP contribution >= 0.6 is 0 Å². The first kappa shape index (κ1) is 11.7. The molecule has 5 heteroatoms. The van der Waals surface area contributed by atoms with Gasteiger partial charge in [0.1, 0.15) is 0 Å². The number of carbonyl (C=O) groups excluding carboxylic acids is 2. The van der Waals surface area contributed by atoms with Gasteiger partial charge in [0.05, 0.1) is 13.2 Å². The second-order valence-electron chi connectivity index (χ2n) is 3.01. The van der Waals surface area contributed by atoms with Crippen molar-refractivity contribution in [2.24, 2.45) is 0 Å². The van der Waals surface area contributed by atoms with E-state index in [9.17, 15) is 9.59 Å². The molecule has 0 radical (unpaired) electrons. The molecule has 15 heavy (non-hydrogen) atoms. The van der Waals surface area contributed by atoms with Gasteiger partial charge in [0.2, 0.25) is 0 Å². The maximum Gasteiger partial charge on any atom is 0.339 e. The maximum atomic E-state index is 11.4. The first-order valence-corrected chi connectivity index (χ1v) is 4.77. The topological polar surface area (TPSA) is 61.8 Å². The van der Waals surface area contributed by atoms with Crippen LogP contribution in [0.5, 0.6) is 0 Å². The van der Waals surface area contributed by atoms with Crippen LogP contribution in [-0.2, 0) is 23.8 Å². The Hall–Kier alpha value is -1.36. The van der Waals surface area contributed by atoms with Gasteiger partial charge in [0, 0.05) is 6.92 Å². The summed E-state index contributed by atoms with van der Waals surface area (Å²) in [5.74, 6) is -0.961. The van der Waals surface area contributed by atoms with E-state index in [4.69, 9.17) is 14.2 Å². The highest BCUT2D eigenvalue weighted by molar-refractivity contribution is 5.77. The molecule has 0 bridgehead atoms. The number of rotatable bonds is 3. The minimum atomic E-state index is -0.848. The minimum Gasteiger partial charge on any atom is -0.464 e. The number of ether oxygens (including phenoxy) is 3. The van der Waals surface area contributed by atoms with Crippen molar-refractivity contribution in [1.29, 1.82) is 0 Å². The van der Waals surface area contributed by atoms with E-state index >= 15 is 0 Å². The Morgan fingerprint density at radius 3 is 2.87 bits per heavy atom. The van der Waals surface area contributed by atoms with E-state index in [2.05, 4.69) is 0 Å². The Bertz CT molecular complexity index is 271. The SMILES string of the molecule is CCOC(=O)[C@H]1OCC=C[C@@H]1OC(C)=O. The largest absolute Gasteiger partial charge is 0.464 e. The van der Waals surface area contributed by atoms with Crippen LogP contribution in [0.15, 0.2) is 12.2 Å². The molecular formula is C10H14O5. The van der Waals surface area contributed by atoms with Crippen molar-refractivity contribution in [2.75, 3.05) is 13.2 Å². The summed E-state index contributed by atoms with van der Waals surface area (Å²) < 4.78 is 14.9. The third-order valence-corrected chi connectivity index (χ3v) is 1.82. The standard InChI is InChI=1S/C10H14O5/c1-3-13-10(12)9-8(15-7(2)11)5-4-6-14-9/h4-5,8-9H,3,6H2,1-2H3/t8-,9-/m0/s1. The fourth-order valence-corrected chi connectivity index (χ4v) is 1.26. The van der Waals surface area contributed by atoms with Gasteiger partial charge in [0.15, 0.2) is 12.2 Å². The van der Waals surface area contributed by atoms with Gasteiger partial charge in [-0.25, -0.2) is 4.79 Å². The molecule has 0 spiro atoms. The monoisotopic (exact) mass is 214 g/mol. The van der Waals surface area contributed by atoms with Gasteiger partial charge in [-0.15, -0.1) is 0 Å². The van der Waals surface area contributed by atoms with Crippen LogP contribution in [-0.4, -0.2) is 37.4 Å². The Kier molecular flexibility index (Phi) is 4.30. The lowest BCUT2D eigenvalue weighted by Gasteiger charge is -2.25. The lowest BCUT2D eigenvalue weighted by molar-refractivity contribution is -0.169. The molecule has 1 heterocycles. The molecule has 0 aliphatic carbocycles. The molecule has 0 N–H and O–H groups in total. The van der Waals surface area contributed by atoms with Crippen molar-refractivity contribution >= 4 is 11.9 Å². The summed E-state index contributed by atoms with van der Waals surface area (Å²) in [4.78, 5) is 22.2. The summed E-state index contributed by atoms with van der Waals surface area (Å²) in [5, 5.41) is 0. The Morgan fingerprint density at radius 1 is 1.53 bits per heavy atom. The first-order chi connectivity index (χ1) is 7.15. The van der Waals surface area contributed by atoms with Crippen molar-refractivity contribution in [1.82, 2.24) is 0 Å². The number of hydrogen-bond donors (Lipinski definition) is 0. The van der Waals surface area contributed by atoms with Gasteiger partial charge >= 0.3 is 11.9 Å². The average Bonchev–Trinajstić information content (AvgIpc) is 2.18. The molecule has 1 aliphatic heterocycles. The lowest BCUT2D eigenvalue weighted by Crippen LogP contribution is -2.41. The molecule has 1 rings (SSSR count). The Balaban J connectivity index is 2.63. The average molecular weight is 214 g/mol. The summed E-state index contributed by atoms with van der Waals surface area (Å²) in [6, 6.07) is 0. The van der Waals surface area contributed by atoms with Crippen molar-refractivity contribution < 1.29 is 23.8 Å². The van der Waals surface area contributed by atoms with Crippen LogP contribution in [0, 0.1) is 0 Å². The fraction of sp³-hybridized carbons (Fsp3) is 0.600. The van der Waals surface area contributed by atoms with E-state index in [-0.39, 0.29) is 6.61 Å². The lowest BCUT2D eigenvalue weighted by atomic mass is 10.1. The van der Waals surface area contributed by atoms with Crippen molar-refractivity contribution in [3.63, 3.8) is 0 Å². The van der Waals surface area contributed by atoms with E-state index in [0.717, 1.165) is 0 Å². The van der Waals surface area contributed by atoms with Gasteiger partial charge < -0.3 is 14.2 Å². The zero-order valence-electron chi connectivity index (χ0n) is 8.76. The molecule has 0 unspecified atom stereocenters. The third kappa shape index (κ3) is 3.36. The molecule has 84 valence electrons. The smallest absolute Gasteiger partial charge is 0.339 e. The van der Waals surface area contributed by atoms with Crippen LogP contribution < -0.4 is 0 Å². The molecule has 2 atom stereocenters. The normalized spacial score (nSPS) is 24.7. The van der Waals surface area contributed by atoms with Crippen LogP contribution in [0.25, 0.3) is 0 Å². The fourth-order valence-electron chi connectivity index (χ4n) is 1.26. The van der Waals surface area contributed by atoms with Gasteiger partial charge in [-0.3, -0.25) is 4.79 Å². The highest BCUT2D eigenvalue weighted by Gasteiger charge is 2.32. The summed E-state index contributed by atoms with van der Waals surface area (Å²) in [5.41, 5.74) is 0. The number of esters is 2. The Morgan fingerprint density at radius 2 is 2.27 bits per heavy atom. The van der Waals surface area contributed by atoms with Gasteiger partial charge in [-0.05, 0) is 13.0 Å². The predicted molar refractivity (Wildman–Crippen MR) is 51.1 cm³/mol. The second-order valence-corrected chi connectivity index (χ2v) is 3.01. The van der Waals surface area contributed by atoms with Gasteiger partial charge in [-0.1, -0.05) is 6.08 Å². The maximum absolute atomic E-state index is 11.4. The van der Waals surface area contributed by atoms with Gasteiger partial charge in [0.25, 0.3) is 0 Å². The molecule has 0 aromatic rings. The summed E-state index contributed by atoms with van der Waals surface area (Å²) in [6.07, 6.45) is 1.80. The van der Waals surface area contributed by atoms with Crippen molar-refractivity contribution in [3.05, 3.63) is 12.2 Å². The second kappa shape index (κ2) is 5.50. The van der Waals surface area contributed by atoms with Crippen molar-refractivity contribution in [3.8, 4) is 0 Å². The van der Waals surface area contributed by atoms with E-state index in [1.54, 1.807) is 19.1 Å². The minimum absolute atomic E-state index is 0.273. The van der Waals surface area contributed by atoms with Gasteiger partial charge in [-0.2, -0.15) is 0 Å². The molecule has 0 aromatic heterocycles. The third-order valence-electron chi connectivity index (χ3n) is 1.82. The molecule has 0 amide bonds. The molecule has 1 aliphatic rings. The van der Waals surface area contributed by atoms with E-state index in [1.807, 2.05) is 0 Å². The summed E-state index contributed by atoms with van der Waals surface area (Å²) in [7, 11) is 0. The predicted octanol–water partition coefficient (Wildman–Crippen LogP) is 0.436. The van der Waals surface area contributed by atoms with Crippen LogP contribution in [0.4, 0.5) is 0 Å². The molecular weight excluding hydrogens is 200 g/mol. The number of hydrogen-bond acceptors (Lipinski definition) is 5. The van der Waals surface area contributed by atoms with E-state index in [0.29, 0.717) is 6.61 Å². The summed E-state index contributed by atoms with van der Waals surface area (Å²) >= 11 is 0. The van der Waals surface area contributed by atoms with E-state index < -0.39 is 24.1 Å². The van der Waals surface area contributed by atoms with Crippen LogP contribution in [0.3, 0.4) is 0 Å². The molecule has 5 nitrogen and oxygen atoms in total. The zero-order chi connectivity index (χ0) is 11.3. The first-order valence-electron chi connectivity index (χ1n) is 4.77. The van der Waals surface area contributed by atoms with Crippen LogP contribution in [0.2, 0.25) is 0 Å². The molecule has 0 saturated carbocycles. The van der Waals surface area contributed by atoms with E-state index in [1.165, 1.54) is 6.92 Å². The number of carbonyl (C=O) groups is 2. The molecule has 0 saturated heterocycles. The molecule has 0 aromatic carbocycles. The zero-order valence-corrected chi connectivity index (χ0v) is 8.76. The summed E-state index contributed by atoms with van der Waals surface area (Å²) in [6.45, 7) is 3.58. The molecule has 0 fully saturated rings. The quantitative estimate of drug-likeness (QED) is 0.503.